The van der Waals surface area contributed by atoms with Gasteiger partial charge in [-0.15, -0.1) is 0 Å². The summed E-state index contributed by atoms with van der Waals surface area (Å²) in [6.07, 6.45) is 3.57. The molecule has 33 heavy (non-hydrogen) atoms. The highest BCUT2D eigenvalue weighted by atomic mass is 16.2. The number of amides is 2. The van der Waals surface area contributed by atoms with E-state index in [9.17, 15) is 9.59 Å². The molecule has 2 fully saturated rings. The Kier molecular flexibility index (Phi) is 5.92. The fraction of sp³-hybridized carbons (Fsp3) is 0.480. The lowest BCUT2D eigenvalue weighted by molar-refractivity contribution is 0.0517. The first-order chi connectivity index (χ1) is 16.0. The maximum Gasteiger partial charge on any atom is 0.323 e. The van der Waals surface area contributed by atoms with E-state index in [1.807, 2.05) is 16.7 Å². The SMILES string of the molecule is CN1CCC(N2C[C@H]3C[C@H](C2)c2ccc(NC(=O)Nc4cccc(C#N)c4)c(=O)n2C3)CC1. The van der Waals surface area contributed by atoms with Crippen LogP contribution in [0.5, 0.6) is 0 Å². The summed E-state index contributed by atoms with van der Waals surface area (Å²) in [5, 5.41) is 14.4. The minimum absolute atomic E-state index is 0.143. The predicted octanol–water partition coefficient (Wildman–Crippen LogP) is 2.88. The number of nitrogens with one attached hydrogen (secondary N) is 2. The fourth-order valence-corrected chi connectivity index (χ4v) is 5.69. The van der Waals surface area contributed by atoms with Crippen molar-refractivity contribution in [3.63, 3.8) is 0 Å². The summed E-state index contributed by atoms with van der Waals surface area (Å²) in [4.78, 5) is 30.8. The number of carbonyl (C=O) groups excluding carboxylic acids is 1. The normalized spacial score (nSPS) is 23.4. The van der Waals surface area contributed by atoms with E-state index in [0.717, 1.165) is 38.3 Å². The summed E-state index contributed by atoms with van der Waals surface area (Å²) in [5.41, 5.74) is 2.19. The standard InChI is InChI=1S/C25H30N6O2/c1-29-9-7-21(8-10-29)30-14-18-11-19(16-30)23-6-5-22(24(32)31(23)15-18)28-25(33)27-20-4-2-3-17(12-20)13-26/h2-6,12,18-19,21H,7-11,14-16H2,1H3,(H2,27,28,33)/t18-,19-/m1/s1. The molecule has 0 unspecified atom stereocenters. The van der Waals surface area contributed by atoms with Gasteiger partial charge in [-0.1, -0.05) is 6.07 Å². The Morgan fingerprint density at radius 3 is 2.70 bits per heavy atom. The number of pyridine rings is 1. The second kappa shape index (κ2) is 9.00. The highest BCUT2D eigenvalue weighted by Gasteiger charge is 2.37. The first-order valence-corrected chi connectivity index (χ1v) is 11.7. The molecule has 3 aliphatic heterocycles. The van der Waals surface area contributed by atoms with Gasteiger partial charge in [-0.2, -0.15) is 5.26 Å². The van der Waals surface area contributed by atoms with Crippen LogP contribution in [0.3, 0.4) is 0 Å². The summed E-state index contributed by atoms with van der Waals surface area (Å²) in [5.74, 6) is 0.827. The van der Waals surface area contributed by atoms with E-state index in [2.05, 4.69) is 27.5 Å². The molecular weight excluding hydrogens is 416 g/mol. The van der Waals surface area contributed by atoms with E-state index < -0.39 is 6.03 Å². The number of carbonyl (C=O) groups is 1. The molecule has 172 valence electrons. The van der Waals surface area contributed by atoms with Crippen LogP contribution in [0.2, 0.25) is 0 Å². The van der Waals surface area contributed by atoms with Gasteiger partial charge in [0.2, 0.25) is 0 Å². The van der Waals surface area contributed by atoms with Crippen molar-refractivity contribution in [2.24, 2.45) is 5.92 Å². The monoisotopic (exact) mass is 446 g/mol. The number of likely N-dealkylation sites (tertiary alicyclic amines) is 2. The Balaban J connectivity index is 1.29. The van der Waals surface area contributed by atoms with Crippen molar-refractivity contribution in [1.29, 1.82) is 5.26 Å². The third kappa shape index (κ3) is 4.52. The quantitative estimate of drug-likeness (QED) is 0.756. The van der Waals surface area contributed by atoms with Crippen LogP contribution >= 0.6 is 0 Å². The number of nitrogens with zero attached hydrogens (tertiary/aromatic N) is 4. The van der Waals surface area contributed by atoms with Crippen LogP contribution in [0.15, 0.2) is 41.2 Å². The molecule has 2 atom stereocenters. The smallest absolute Gasteiger partial charge is 0.310 e. The van der Waals surface area contributed by atoms with Crippen molar-refractivity contribution in [3.05, 3.63) is 58.0 Å². The lowest BCUT2D eigenvalue weighted by atomic mass is 9.82. The summed E-state index contributed by atoms with van der Waals surface area (Å²) >= 11 is 0. The molecule has 2 N–H and O–H groups in total. The van der Waals surface area contributed by atoms with Crippen molar-refractivity contribution < 1.29 is 4.79 Å². The van der Waals surface area contributed by atoms with E-state index >= 15 is 0 Å². The first kappa shape index (κ1) is 21.7. The Morgan fingerprint density at radius 1 is 1.09 bits per heavy atom. The lowest BCUT2D eigenvalue weighted by Crippen LogP contribution is -2.53. The average Bonchev–Trinajstić information content (AvgIpc) is 2.81. The van der Waals surface area contributed by atoms with Gasteiger partial charge in [0, 0.05) is 43.0 Å². The van der Waals surface area contributed by atoms with E-state index in [1.54, 1.807) is 30.3 Å². The number of fused-ring (bicyclic) bond motifs is 4. The van der Waals surface area contributed by atoms with E-state index in [1.165, 1.54) is 12.8 Å². The van der Waals surface area contributed by atoms with Crippen LogP contribution < -0.4 is 16.2 Å². The number of hydrogen-bond donors (Lipinski definition) is 2. The second-order valence-electron chi connectivity index (χ2n) is 9.65. The Morgan fingerprint density at radius 2 is 1.91 bits per heavy atom. The van der Waals surface area contributed by atoms with Crippen molar-refractivity contribution in [2.75, 3.05) is 43.9 Å². The molecule has 8 nitrogen and oxygen atoms in total. The molecule has 5 rings (SSSR count). The predicted molar refractivity (Wildman–Crippen MR) is 127 cm³/mol. The van der Waals surface area contributed by atoms with Crippen LogP contribution in [0, 0.1) is 17.2 Å². The summed E-state index contributed by atoms with van der Waals surface area (Å²) in [6, 6.07) is 12.6. The molecule has 2 amide bonds. The third-order valence-electron chi connectivity index (χ3n) is 7.33. The van der Waals surface area contributed by atoms with Crippen molar-refractivity contribution in [3.8, 4) is 6.07 Å². The largest absolute Gasteiger partial charge is 0.323 e. The van der Waals surface area contributed by atoms with Gasteiger partial charge in [-0.05, 0) is 75.6 Å². The zero-order valence-corrected chi connectivity index (χ0v) is 19.0. The van der Waals surface area contributed by atoms with Gasteiger partial charge in [-0.3, -0.25) is 9.69 Å². The zero-order chi connectivity index (χ0) is 22.9. The molecule has 2 aromatic rings. The number of benzene rings is 1. The molecule has 0 radical (unpaired) electrons. The molecule has 2 saturated heterocycles. The molecule has 0 saturated carbocycles. The van der Waals surface area contributed by atoms with Crippen molar-refractivity contribution in [2.45, 2.75) is 37.8 Å². The minimum atomic E-state index is -0.493. The molecule has 1 aromatic carbocycles. The molecule has 1 aromatic heterocycles. The van der Waals surface area contributed by atoms with Crippen LogP contribution in [-0.2, 0) is 6.54 Å². The Labute approximate surface area is 193 Å². The maximum absolute atomic E-state index is 13.2. The summed E-state index contributed by atoms with van der Waals surface area (Å²) in [6.45, 7) is 5.07. The number of hydrogen-bond acceptors (Lipinski definition) is 5. The highest BCUT2D eigenvalue weighted by Crippen LogP contribution is 2.37. The number of aromatic nitrogens is 1. The summed E-state index contributed by atoms with van der Waals surface area (Å²) < 4.78 is 1.87. The second-order valence-corrected chi connectivity index (χ2v) is 9.65. The number of nitriles is 1. The van der Waals surface area contributed by atoms with Crippen LogP contribution in [0.1, 0.15) is 36.4 Å². The Hall–Kier alpha value is -3.15. The molecule has 0 spiro atoms. The van der Waals surface area contributed by atoms with Gasteiger partial charge in [0.25, 0.3) is 5.56 Å². The number of anilines is 2. The fourth-order valence-electron chi connectivity index (χ4n) is 5.69. The zero-order valence-electron chi connectivity index (χ0n) is 19.0. The van der Waals surface area contributed by atoms with Crippen molar-refractivity contribution in [1.82, 2.24) is 14.4 Å². The van der Waals surface area contributed by atoms with E-state index in [0.29, 0.717) is 35.7 Å². The highest BCUT2D eigenvalue weighted by molar-refractivity contribution is 5.99. The van der Waals surface area contributed by atoms with E-state index in [-0.39, 0.29) is 11.2 Å². The summed E-state index contributed by atoms with van der Waals surface area (Å²) in [7, 11) is 2.19. The lowest BCUT2D eigenvalue weighted by Gasteiger charge is -2.47. The molecule has 0 aliphatic carbocycles. The maximum atomic E-state index is 13.2. The number of urea groups is 1. The van der Waals surface area contributed by atoms with Gasteiger partial charge in [-0.25, -0.2) is 4.79 Å². The average molecular weight is 447 g/mol. The molecule has 3 aliphatic rings. The molecular formula is C25H30N6O2. The van der Waals surface area contributed by atoms with Crippen molar-refractivity contribution >= 4 is 17.4 Å². The van der Waals surface area contributed by atoms with E-state index in [4.69, 9.17) is 5.26 Å². The van der Waals surface area contributed by atoms with Crippen LogP contribution in [0.25, 0.3) is 0 Å². The van der Waals surface area contributed by atoms with Crippen LogP contribution in [0.4, 0.5) is 16.2 Å². The topological polar surface area (TPSA) is 93.4 Å². The van der Waals surface area contributed by atoms with Gasteiger partial charge in [0.1, 0.15) is 5.69 Å². The molecule has 4 heterocycles. The van der Waals surface area contributed by atoms with Gasteiger partial charge >= 0.3 is 6.03 Å². The minimum Gasteiger partial charge on any atom is -0.310 e. The first-order valence-electron chi connectivity index (χ1n) is 11.7. The van der Waals surface area contributed by atoms with Gasteiger partial charge in [0.15, 0.2) is 0 Å². The molecule has 8 heteroatoms. The van der Waals surface area contributed by atoms with Crippen LogP contribution in [-0.4, -0.2) is 59.7 Å². The van der Waals surface area contributed by atoms with Gasteiger partial charge in [0.05, 0.1) is 11.6 Å². The third-order valence-corrected chi connectivity index (χ3v) is 7.33. The Bertz CT molecular complexity index is 1140. The number of rotatable bonds is 3. The number of piperidine rings is 2. The van der Waals surface area contributed by atoms with Gasteiger partial charge < -0.3 is 20.1 Å². The molecule has 2 bridgehead atoms.